The Morgan fingerprint density at radius 2 is 1.90 bits per heavy atom. The maximum absolute atomic E-state index is 13.6. The number of carbonyl (C=O) groups excluding carboxylic acids is 2. The zero-order valence-corrected chi connectivity index (χ0v) is 16.7. The lowest BCUT2D eigenvalue weighted by Crippen LogP contribution is -2.41. The largest absolute Gasteiger partial charge is 0.483 e. The van der Waals surface area contributed by atoms with Crippen LogP contribution < -0.4 is 4.90 Å². The number of hydrogen-bond donors (Lipinski definition) is 0. The molecule has 0 saturated heterocycles. The van der Waals surface area contributed by atoms with E-state index >= 15 is 0 Å². The van der Waals surface area contributed by atoms with Crippen LogP contribution in [-0.4, -0.2) is 22.8 Å². The van der Waals surface area contributed by atoms with Crippen LogP contribution in [0.5, 0.6) is 0 Å². The van der Waals surface area contributed by atoms with E-state index in [0.717, 1.165) is 30.4 Å². The van der Waals surface area contributed by atoms with Gasteiger partial charge in [0.05, 0.1) is 17.5 Å². The number of ketones is 1. The fourth-order valence-corrected chi connectivity index (χ4v) is 4.92. The van der Waals surface area contributed by atoms with E-state index in [1.54, 1.807) is 11.1 Å². The summed E-state index contributed by atoms with van der Waals surface area (Å²) >= 11 is 0. The Balaban J connectivity index is 1.65. The summed E-state index contributed by atoms with van der Waals surface area (Å²) in [6.45, 7) is 4.15. The molecule has 3 heterocycles. The number of benzene rings is 1. The van der Waals surface area contributed by atoms with E-state index in [-0.39, 0.29) is 29.5 Å². The van der Waals surface area contributed by atoms with Crippen molar-refractivity contribution in [1.82, 2.24) is 4.98 Å². The molecule has 5 nitrogen and oxygen atoms in total. The lowest BCUT2D eigenvalue weighted by molar-refractivity contribution is -0.132. The minimum absolute atomic E-state index is 0.0696. The van der Waals surface area contributed by atoms with Gasteiger partial charge in [-0.3, -0.25) is 14.5 Å². The van der Waals surface area contributed by atoms with Crippen LogP contribution in [-0.2, 0) is 14.3 Å². The zero-order valence-electron chi connectivity index (χ0n) is 16.7. The summed E-state index contributed by atoms with van der Waals surface area (Å²) in [5.41, 5.74) is 2.41. The first-order chi connectivity index (χ1) is 14.0. The molecule has 0 N–H and O–H groups in total. The molecule has 1 aromatic heterocycles. The predicted molar refractivity (Wildman–Crippen MR) is 109 cm³/mol. The van der Waals surface area contributed by atoms with E-state index in [2.05, 4.69) is 11.9 Å². The van der Waals surface area contributed by atoms with E-state index in [9.17, 15) is 9.59 Å². The lowest BCUT2D eigenvalue weighted by Gasteiger charge is -2.37. The van der Waals surface area contributed by atoms with E-state index in [1.165, 1.54) is 0 Å². The van der Waals surface area contributed by atoms with Crippen molar-refractivity contribution in [3.05, 3.63) is 71.1 Å². The van der Waals surface area contributed by atoms with E-state index in [4.69, 9.17) is 4.74 Å². The van der Waals surface area contributed by atoms with E-state index in [0.29, 0.717) is 17.3 Å². The highest BCUT2D eigenvalue weighted by Gasteiger charge is 2.53. The Labute approximate surface area is 170 Å². The average Bonchev–Trinajstić information content (AvgIpc) is 3.02. The zero-order chi connectivity index (χ0) is 20.1. The second kappa shape index (κ2) is 6.83. The van der Waals surface area contributed by atoms with Crippen LogP contribution in [0, 0.1) is 18.8 Å². The number of fused-ring (bicyclic) bond motifs is 1. The highest BCUT2D eigenvalue weighted by atomic mass is 16.5. The molecule has 0 spiro atoms. The first-order valence-corrected chi connectivity index (χ1v) is 10.3. The number of aryl methyl sites for hydroxylation is 1. The molecule has 0 bridgehead atoms. The van der Waals surface area contributed by atoms with E-state index in [1.807, 2.05) is 49.4 Å². The van der Waals surface area contributed by atoms with Crippen molar-refractivity contribution < 1.29 is 14.3 Å². The smallest absolute Gasteiger partial charge is 0.295 e. The van der Waals surface area contributed by atoms with Crippen molar-refractivity contribution in [2.24, 2.45) is 11.8 Å². The standard InChI is InChI=1S/C24H24N2O3/c1-14-8-9-18-17(12-14)22(27)20-21(16-6-4-3-5-7-16)26(24(28)23(20)29-18)19-13-15(2)10-11-25-19/h3-7,10-11,13-14,17-18,21H,8-9,12H2,1-2H3. The molecule has 5 rings (SSSR count). The highest BCUT2D eigenvalue weighted by molar-refractivity contribution is 6.17. The Morgan fingerprint density at radius 3 is 2.66 bits per heavy atom. The molecule has 1 saturated carbocycles. The number of pyridine rings is 1. The minimum atomic E-state index is -0.501. The number of ether oxygens (including phenoxy) is 1. The second-order valence-electron chi connectivity index (χ2n) is 8.47. The Kier molecular flexibility index (Phi) is 4.26. The number of amides is 1. The van der Waals surface area contributed by atoms with Crippen LogP contribution in [0.3, 0.4) is 0 Å². The summed E-state index contributed by atoms with van der Waals surface area (Å²) < 4.78 is 6.22. The number of Topliss-reactive ketones (excluding diaryl/α,β-unsaturated/α-hetero) is 1. The van der Waals surface area contributed by atoms with Crippen LogP contribution in [0.4, 0.5) is 5.82 Å². The number of hydrogen-bond acceptors (Lipinski definition) is 4. The van der Waals surface area contributed by atoms with Gasteiger partial charge >= 0.3 is 0 Å². The van der Waals surface area contributed by atoms with E-state index < -0.39 is 6.04 Å². The number of aromatic nitrogens is 1. The molecule has 1 amide bonds. The van der Waals surface area contributed by atoms with Gasteiger partial charge in [-0.05, 0) is 55.4 Å². The number of carbonyl (C=O) groups is 2. The monoisotopic (exact) mass is 388 g/mol. The molecule has 1 aromatic carbocycles. The summed E-state index contributed by atoms with van der Waals surface area (Å²) in [6, 6.07) is 13.0. The molecule has 4 unspecified atom stereocenters. The first kappa shape index (κ1) is 18.1. The molecule has 0 radical (unpaired) electrons. The van der Waals surface area contributed by atoms with Gasteiger partial charge in [0.15, 0.2) is 11.5 Å². The molecule has 4 atom stereocenters. The van der Waals surface area contributed by atoms with Crippen LogP contribution in [0.1, 0.15) is 43.4 Å². The SMILES string of the molecule is Cc1ccnc(N2C(=O)C3=C(C(=O)C4CC(C)CCC4O3)C2c2ccccc2)c1. The van der Waals surface area contributed by atoms with Gasteiger partial charge in [0.25, 0.3) is 5.91 Å². The number of rotatable bonds is 2. The third-order valence-corrected chi connectivity index (χ3v) is 6.37. The molecule has 148 valence electrons. The Bertz CT molecular complexity index is 1010. The van der Waals surface area contributed by atoms with Gasteiger partial charge in [-0.2, -0.15) is 0 Å². The summed E-state index contributed by atoms with van der Waals surface area (Å²) in [4.78, 5) is 33.2. The quantitative estimate of drug-likeness (QED) is 0.776. The predicted octanol–water partition coefficient (Wildman–Crippen LogP) is 4.14. The molecule has 2 aromatic rings. The van der Waals surface area contributed by atoms with Gasteiger partial charge < -0.3 is 4.74 Å². The van der Waals surface area contributed by atoms with Crippen molar-refractivity contribution in [1.29, 1.82) is 0 Å². The Hall–Kier alpha value is -2.95. The third-order valence-electron chi connectivity index (χ3n) is 6.37. The van der Waals surface area contributed by atoms with Crippen LogP contribution in [0.25, 0.3) is 0 Å². The lowest BCUT2D eigenvalue weighted by atomic mass is 9.74. The van der Waals surface area contributed by atoms with Crippen molar-refractivity contribution in [3.63, 3.8) is 0 Å². The Morgan fingerprint density at radius 1 is 1.10 bits per heavy atom. The van der Waals surface area contributed by atoms with Crippen LogP contribution >= 0.6 is 0 Å². The van der Waals surface area contributed by atoms with Crippen molar-refractivity contribution in [3.8, 4) is 0 Å². The summed E-state index contributed by atoms with van der Waals surface area (Å²) in [7, 11) is 0. The van der Waals surface area contributed by atoms with Crippen molar-refractivity contribution in [2.75, 3.05) is 4.90 Å². The fourth-order valence-electron chi connectivity index (χ4n) is 4.92. The normalized spacial score (nSPS) is 28.8. The van der Waals surface area contributed by atoms with Gasteiger partial charge in [0, 0.05) is 6.20 Å². The van der Waals surface area contributed by atoms with Crippen LogP contribution in [0.2, 0.25) is 0 Å². The van der Waals surface area contributed by atoms with Crippen molar-refractivity contribution in [2.45, 2.75) is 45.3 Å². The summed E-state index contributed by atoms with van der Waals surface area (Å²) in [6.07, 6.45) is 4.17. The summed E-state index contributed by atoms with van der Waals surface area (Å²) in [5, 5.41) is 0. The molecule has 1 fully saturated rings. The second-order valence-corrected chi connectivity index (χ2v) is 8.47. The fraction of sp³-hybridized carbons (Fsp3) is 0.375. The van der Waals surface area contributed by atoms with Gasteiger partial charge in [-0.1, -0.05) is 37.3 Å². The first-order valence-electron chi connectivity index (χ1n) is 10.3. The van der Waals surface area contributed by atoms with Crippen molar-refractivity contribution >= 4 is 17.5 Å². The minimum Gasteiger partial charge on any atom is -0.483 e. The highest BCUT2D eigenvalue weighted by Crippen LogP contribution is 2.48. The molecular formula is C24H24N2O3. The number of nitrogens with zero attached hydrogens (tertiary/aromatic N) is 2. The summed E-state index contributed by atoms with van der Waals surface area (Å²) in [5.74, 6) is 0.904. The maximum Gasteiger partial charge on any atom is 0.295 e. The topological polar surface area (TPSA) is 59.5 Å². The molecular weight excluding hydrogens is 364 g/mol. The third kappa shape index (κ3) is 2.87. The van der Waals surface area contributed by atoms with Crippen LogP contribution in [0.15, 0.2) is 60.0 Å². The van der Waals surface area contributed by atoms with Gasteiger partial charge in [0.2, 0.25) is 0 Å². The van der Waals surface area contributed by atoms with Gasteiger partial charge in [-0.15, -0.1) is 0 Å². The molecule has 5 heteroatoms. The number of anilines is 1. The van der Waals surface area contributed by atoms with Gasteiger partial charge in [-0.25, -0.2) is 4.98 Å². The molecule has 2 aliphatic heterocycles. The maximum atomic E-state index is 13.6. The molecule has 29 heavy (non-hydrogen) atoms. The average molecular weight is 388 g/mol. The van der Waals surface area contributed by atoms with Gasteiger partial charge in [0.1, 0.15) is 11.9 Å². The molecule has 1 aliphatic carbocycles. The molecule has 3 aliphatic rings.